The van der Waals surface area contributed by atoms with Gasteiger partial charge in [-0.15, -0.1) is 0 Å². The van der Waals surface area contributed by atoms with Crippen LogP contribution in [0.5, 0.6) is 0 Å². The molecule has 0 aromatic rings. The quantitative estimate of drug-likeness (QED) is 0.683. The zero-order chi connectivity index (χ0) is 11.1. The molecule has 2 unspecified atom stereocenters. The Bertz CT molecular complexity index is 169. The van der Waals surface area contributed by atoms with E-state index in [0.717, 1.165) is 12.8 Å². The summed E-state index contributed by atoms with van der Waals surface area (Å²) < 4.78 is 0. The fourth-order valence-electron chi connectivity index (χ4n) is 1.17. The second-order valence-electron chi connectivity index (χ2n) is 4.33. The average Bonchev–Trinajstić information content (AvgIpc) is 2.13. The molecule has 3 nitrogen and oxygen atoms in total. The van der Waals surface area contributed by atoms with E-state index >= 15 is 0 Å². The van der Waals surface area contributed by atoms with Gasteiger partial charge in [-0.1, -0.05) is 34.1 Å². The van der Waals surface area contributed by atoms with Crippen LogP contribution in [-0.2, 0) is 4.79 Å². The number of nitrogens with two attached hydrogens (primary N) is 1. The van der Waals surface area contributed by atoms with Crippen molar-refractivity contribution in [2.75, 3.05) is 6.54 Å². The first-order chi connectivity index (χ1) is 6.49. The largest absolute Gasteiger partial charge is 0.354 e. The lowest BCUT2D eigenvalue weighted by molar-refractivity contribution is -0.125. The van der Waals surface area contributed by atoms with Gasteiger partial charge in [-0.3, -0.25) is 4.79 Å². The minimum Gasteiger partial charge on any atom is -0.354 e. The van der Waals surface area contributed by atoms with Gasteiger partial charge in [-0.05, 0) is 12.3 Å². The summed E-state index contributed by atoms with van der Waals surface area (Å²) in [6.07, 6.45) is 2.03. The lowest BCUT2D eigenvalue weighted by Crippen LogP contribution is -2.40. The van der Waals surface area contributed by atoms with Crippen LogP contribution in [-0.4, -0.2) is 18.5 Å². The van der Waals surface area contributed by atoms with Crippen LogP contribution in [0.2, 0.25) is 0 Å². The molecule has 84 valence electrons. The van der Waals surface area contributed by atoms with Crippen molar-refractivity contribution in [1.82, 2.24) is 5.32 Å². The van der Waals surface area contributed by atoms with Gasteiger partial charge in [0.1, 0.15) is 0 Å². The van der Waals surface area contributed by atoms with Gasteiger partial charge < -0.3 is 11.1 Å². The molecule has 14 heavy (non-hydrogen) atoms. The van der Waals surface area contributed by atoms with Gasteiger partial charge in [0.2, 0.25) is 5.91 Å². The van der Waals surface area contributed by atoms with Crippen LogP contribution in [0.4, 0.5) is 0 Å². The molecule has 1 amide bonds. The molecule has 0 aliphatic carbocycles. The summed E-state index contributed by atoms with van der Waals surface area (Å²) in [4.78, 5) is 11.5. The van der Waals surface area contributed by atoms with Crippen molar-refractivity contribution in [1.29, 1.82) is 0 Å². The second-order valence-corrected chi connectivity index (χ2v) is 4.33. The molecule has 0 saturated carbocycles. The molecule has 3 N–H and O–H groups in total. The Morgan fingerprint density at radius 1 is 1.36 bits per heavy atom. The van der Waals surface area contributed by atoms with Crippen LogP contribution in [0.15, 0.2) is 0 Å². The van der Waals surface area contributed by atoms with Gasteiger partial charge in [-0.25, -0.2) is 0 Å². The molecule has 0 spiro atoms. The fraction of sp³-hybridized carbons (Fsp3) is 0.909. The Hall–Kier alpha value is -0.570. The standard InChI is InChI=1S/C11H24N2O/c1-5-6-10(12)7-13-11(14)9(4)8(2)3/h8-10H,5-7,12H2,1-4H3,(H,13,14). The van der Waals surface area contributed by atoms with E-state index in [1.807, 2.05) is 6.92 Å². The molecule has 0 heterocycles. The maximum absolute atomic E-state index is 11.5. The average molecular weight is 200 g/mol. The molecule has 3 heteroatoms. The van der Waals surface area contributed by atoms with E-state index < -0.39 is 0 Å². The number of hydrogen-bond donors (Lipinski definition) is 2. The van der Waals surface area contributed by atoms with Gasteiger partial charge in [-0.2, -0.15) is 0 Å². The molecule has 0 fully saturated rings. The van der Waals surface area contributed by atoms with Gasteiger partial charge in [0.25, 0.3) is 0 Å². The summed E-state index contributed by atoms with van der Waals surface area (Å²) in [5.41, 5.74) is 5.79. The number of rotatable bonds is 6. The SMILES string of the molecule is CCCC(N)CNC(=O)C(C)C(C)C. The molecule has 0 rings (SSSR count). The Morgan fingerprint density at radius 3 is 2.36 bits per heavy atom. The van der Waals surface area contributed by atoms with E-state index in [-0.39, 0.29) is 17.9 Å². The van der Waals surface area contributed by atoms with E-state index in [1.54, 1.807) is 0 Å². The van der Waals surface area contributed by atoms with Crippen LogP contribution < -0.4 is 11.1 Å². The smallest absolute Gasteiger partial charge is 0.223 e. The van der Waals surface area contributed by atoms with Crippen molar-refractivity contribution in [2.45, 2.75) is 46.6 Å². The van der Waals surface area contributed by atoms with Crippen LogP contribution in [0.1, 0.15) is 40.5 Å². The van der Waals surface area contributed by atoms with Crippen molar-refractivity contribution in [3.8, 4) is 0 Å². The number of hydrogen-bond acceptors (Lipinski definition) is 2. The van der Waals surface area contributed by atoms with Crippen LogP contribution >= 0.6 is 0 Å². The highest BCUT2D eigenvalue weighted by Gasteiger charge is 2.16. The molecule has 0 radical (unpaired) electrons. The highest BCUT2D eigenvalue weighted by Crippen LogP contribution is 2.08. The summed E-state index contributed by atoms with van der Waals surface area (Å²) in [6, 6.07) is 0.100. The number of amides is 1. The molecule has 0 aromatic heterocycles. The topological polar surface area (TPSA) is 55.1 Å². The monoisotopic (exact) mass is 200 g/mol. The van der Waals surface area contributed by atoms with Crippen molar-refractivity contribution in [2.24, 2.45) is 17.6 Å². The minimum atomic E-state index is 0.0730. The van der Waals surface area contributed by atoms with E-state index in [9.17, 15) is 4.79 Å². The zero-order valence-corrected chi connectivity index (χ0v) is 9.84. The maximum atomic E-state index is 11.5. The number of carbonyl (C=O) groups is 1. The molecule has 0 aliphatic rings. The van der Waals surface area contributed by atoms with Crippen LogP contribution in [0.25, 0.3) is 0 Å². The summed E-state index contributed by atoms with van der Waals surface area (Å²) >= 11 is 0. The summed E-state index contributed by atoms with van der Waals surface area (Å²) in [7, 11) is 0. The second kappa shape index (κ2) is 6.82. The molecule has 0 aliphatic heterocycles. The molecular weight excluding hydrogens is 176 g/mol. The summed E-state index contributed by atoms with van der Waals surface area (Å²) in [5.74, 6) is 0.577. The molecular formula is C11H24N2O. The first-order valence-electron chi connectivity index (χ1n) is 5.52. The number of carbonyl (C=O) groups excluding carboxylic acids is 1. The lowest BCUT2D eigenvalue weighted by Gasteiger charge is -2.17. The summed E-state index contributed by atoms with van der Waals surface area (Å²) in [6.45, 7) is 8.75. The van der Waals surface area contributed by atoms with Gasteiger partial charge >= 0.3 is 0 Å². The van der Waals surface area contributed by atoms with E-state index in [1.165, 1.54) is 0 Å². The predicted molar refractivity (Wildman–Crippen MR) is 59.9 cm³/mol. The third-order valence-corrected chi connectivity index (χ3v) is 2.61. The minimum absolute atomic E-state index is 0.0730. The summed E-state index contributed by atoms with van der Waals surface area (Å²) in [5, 5.41) is 2.88. The Balaban J connectivity index is 3.73. The van der Waals surface area contributed by atoms with E-state index in [0.29, 0.717) is 12.5 Å². The molecule has 2 atom stereocenters. The molecule has 0 bridgehead atoms. The normalized spacial score (nSPS) is 15.3. The van der Waals surface area contributed by atoms with Crippen molar-refractivity contribution in [3.05, 3.63) is 0 Å². The Labute approximate surface area is 87.4 Å². The fourth-order valence-corrected chi connectivity index (χ4v) is 1.17. The first kappa shape index (κ1) is 13.4. The van der Waals surface area contributed by atoms with E-state index in [4.69, 9.17) is 5.73 Å². The van der Waals surface area contributed by atoms with Crippen molar-refractivity contribution < 1.29 is 4.79 Å². The van der Waals surface area contributed by atoms with E-state index in [2.05, 4.69) is 26.1 Å². The Kier molecular flexibility index (Phi) is 6.54. The highest BCUT2D eigenvalue weighted by atomic mass is 16.1. The molecule has 0 saturated heterocycles. The highest BCUT2D eigenvalue weighted by molar-refractivity contribution is 5.78. The zero-order valence-electron chi connectivity index (χ0n) is 9.84. The van der Waals surface area contributed by atoms with Crippen LogP contribution in [0.3, 0.4) is 0 Å². The van der Waals surface area contributed by atoms with Crippen LogP contribution in [0, 0.1) is 11.8 Å². The third kappa shape index (κ3) is 5.22. The number of nitrogens with one attached hydrogen (secondary N) is 1. The Morgan fingerprint density at radius 2 is 1.93 bits per heavy atom. The third-order valence-electron chi connectivity index (χ3n) is 2.61. The van der Waals surface area contributed by atoms with Crippen molar-refractivity contribution >= 4 is 5.91 Å². The lowest BCUT2D eigenvalue weighted by atomic mass is 9.97. The van der Waals surface area contributed by atoms with Gasteiger partial charge in [0, 0.05) is 18.5 Å². The maximum Gasteiger partial charge on any atom is 0.223 e. The predicted octanol–water partition coefficient (Wildman–Crippen LogP) is 1.52. The van der Waals surface area contributed by atoms with Gasteiger partial charge in [0.15, 0.2) is 0 Å². The van der Waals surface area contributed by atoms with Crippen molar-refractivity contribution in [3.63, 3.8) is 0 Å². The molecule has 0 aromatic carbocycles. The first-order valence-corrected chi connectivity index (χ1v) is 5.52. The van der Waals surface area contributed by atoms with Gasteiger partial charge in [0.05, 0.1) is 0 Å².